The number of hydrogen-bond donors (Lipinski definition) is 1. The van der Waals surface area contributed by atoms with E-state index in [0.29, 0.717) is 11.3 Å². The third-order valence-electron chi connectivity index (χ3n) is 3.97. The Morgan fingerprint density at radius 3 is 2.57 bits per heavy atom. The fourth-order valence-electron chi connectivity index (χ4n) is 2.60. The van der Waals surface area contributed by atoms with Crippen LogP contribution in [0.15, 0.2) is 29.2 Å². The second-order valence-corrected chi connectivity index (χ2v) is 8.17. The van der Waals surface area contributed by atoms with E-state index in [1.165, 1.54) is 16.9 Å². The number of benzene rings is 1. The molecule has 1 fully saturated rings. The van der Waals surface area contributed by atoms with Gasteiger partial charge in [0.2, 0.25) is 0 Å². The molecule has 1 aromatic rings. The van der Waals surface area contributed by atoms with Gasteiger partial charge in [-0.05, 0) is 42.5 Å². The molecule has 0 spiro atoms. The van der Waals surface area contributed by atoms with E-state index in [0.717, 1.165) is 26.2 Å². The Morgan fingerprint density at radius 1 is 1.24 bits per heavy atom. The third-order valence-corrected chi connectivity index (χ3v) is 5.28. The molecule has 1 saturated heterocycles. The Morgan fingerprint density at radius 2 is 1.95 bits per heavy atom. The lowest BCUT2D eigenvalue weighted by atomic mass is 9.87. The third kappa shape index (κ3) is 5.01. The largest absolute Gasteiger partial charge is 0.380 e. The van der Waals surface area contributed by atoms with Gasteiger partial charge in [0.1, 0.15) is 0 Å². The van der Waals surface area contributed by atoms with E-state index in [9.17, 15) is 0 Å². The Kier molecular flexibility index (Phi) is 6.15. The molecule has 2 unspecified atom stereocenters. The van der Waals surface area contributed by atoms with Gasteiger partial charge in [0, 0.05) is 22.8 Å². The van der Waals surface area contributed by atoms with Crippen LogP contribution >= 0.6 is 11.8 Å². The maximum absolute atomic E-state index is 5.68. The summed E-state index contributed by atoms with van der Waals surface area (Å²) in [6.07, 6.45) is 2.31. The van der Waals surface area contributed by atoms with E-state index in [4.69, 9.17) is 4.74 Å². The minimum absolute atomic E-state index is 0.225. The van der Waals surface area contributed by atoms with Crippen LogP contribution in [0.2, 0.25) is 0 Å². The fraction of sp³-hybridized carbons (Fsp3) is 0.667. The average molecular weight is 308 g/mol. The Balaban J connectivity index is 1.98. The van der Waals surface area contributed by atoms with Crippen molar-refractivity contribution in [2.45, 2.75) is 62.1 Å². The summed E-state index contributed by atoms with van der Waals surface area (Å²) in [5, 5.41) is 4.20. The van der Waals surface area contributed by atoms with E-state index in [2.05, 4.69) is 57.3 Å². The smallest absolute Gasteiger partial charge is 0.0603 e. The van der Waals surface area contributed by atoms with Crippen LogP contribution in [-0.4, -0.2) is 31.1 Å². The zero-order chi connectivity index (χ0) is 15.3. The summed E-state index contributed by atoms with van der Waals surface area (Å²) >= 11 is 1.95. The van der Waals surface area contributed by atoms with Crippen LogP contribution in [0.3, 0.4) is 0 Å². The summed E-state index contributed by atoms with van der Waals surface area (Å²) in [5.41, 5.74) is 1.62. The van der Waals surface area contributed by atoms with Crippen molar-refractivity contribution in [3.8, 4) is 0 Å². The molecule has 0 amide bonds. The van der Waals surface area contributed by atoms with Gasteiger partial charge >= 0.3 is 0 Å². The van der Waals surface area contributed by atoms with Gasteiger partial charge < -0.3 is 10.1 Å². The van der Waals surface area contributed by atoms with Crippen molar-refractivity contribution in [3.63, 3.8) is 0 Å². The maximum atomic E-state index is 5.68. The molecule has 0 saturated carbocycles. The van der Waals surface area contributed by atoms with Crippen LogP contribution in [-0.2, 0) is 10.2 Å². The molecular weight excluding hydrogens is 278 g/mol. The highest BCUT2D eigenvalue weighted by molar-refractivity contribution is 8.00. The lowest BCUT2D eigenvalue weighted by Crippen LogP contribution is -2.45. The van der Waals surface area contributed by atoms with Gasteiger partial charge in [0.15, 0.2) is 0 Å². The minimum Gasteiger partial charge on any atom is -0.380 e. The highest BCUT2D eigenvalue weighted by Gasteiger charge is 2.26. The second-order valence-electron chi connectivity index (χ2n) is 6.85. The Bertz CT molecular complexity index is 424. The predicted octanol–water partition coefficient (Wildman–Crippen LogP) is 4.23. The summed E-state index contributed by atoms with van der Waals surface area (Å²) in [5.74, 6) is 0. The normalized spacial score (nSPS) is 23.2. The standard InChI is InChI=1S/C18H29NOS/c1-5-11-19-16-10-12-20-13-17(16)21-15-8-6-14(7-9-15)18(2,3)4/h6-9,16-17,19H,5,10-13H2,1-4H3. The molecule has 2 rings (SSSR count). The predicted molar refractivity (Wildman–Crippen MR) is 92.3 cm³/mol. The van der Waals surface area contributed by atoms with Crippen LogP contribution in [0.5, 0.6) is 0 Å². The molecule has 0 aliphatic carbocycles. The van der Waals surface area contributed by atoms with Crippen LogP contribution < -0.4 is 5.32 Å². The minimum atomic E-state index is 0.225. The van der Waals surface area contributed by atoms with Gasteiger partial charge in [-0.15, -0.1) is 11.8 Å². The van der Waals surface area contributed by atoms with Crippen molar-refractivity contribution in [1.29, 1.82) is 0 Å². The first-order valence-electron chi connectivity index (χ1n) is 8.09. The number of hydrogen-bond acceptors (Lipinski definition) is 3. The summed E-state index contributed by atoms with van der Waals surface area (Å²) in [4.78, 5) is 1.35. The van der Waals surface area contributed by atoms with Crippen LogP contribution in [0.25, 0.3) is 0 Å². The van der Waals surface area contributed by atoms with Crippen LogP contribution in [0, 0.1) is 0 Å². The summed E-state index contributed by atoms with van der Waals surface area (Å²) in [6, 6.07) is 9.63. The molecule has 2 nitrogen and oxygen atoms in total. The molecule has 1 heterocycles. The number of ether oxygens (including phenoxy) is 1. The first-order valence-corrected chi connectivity index (χ1v) is 8.97. The topological polar surface area (TPSA) is 21.3 Å². The van der Waals surface area contributed by atoms with E-state index >= 15 is 0 Å². The van der Waals surface area contributed by atoms with Crippen molar-refractivity contribution in [1.82, 2.24) is 5.32 Å². The highest BCUT2D eigenvalue weighted by Crippen LogP contribution is 2.31. The van der Waals surface area contributed by atoms with Crippen molar-refractivity contribution in [2.75, 3.05) is 19.8 Å². The lowest BCUT2D eigenvalue weighted by molar-refractivity contribution is 0.0833. The molecule has 1 aliphatic rings. The number of nitrogens with one attached hydrogen (secondary N) is 1. The van der Waals surface area contributed by atoms with Crippen LogP contribution in [0.1, 0.15) is 46.1 Å². The quantitative estimate of drug-likeness (QED) is 0.879. The van der Waals surface area contributed by atoms with Gasteiger partial charge in [-0.1, -0.05) is 39.8 Å². The van der Waals surface area contributed by atoms with E-state index in [1.54, 1.807) is 0 Å². The fourth-order valence-corrected chi connectivity index (χ4v) is 3.80. The second kappa shape index (κ2) is 7.66. The molecule has 0 radical (unpaired) electrons. The first kappa shape index (κ1) is 16.9. The molecule has 21 heavy (non-hydrogen) atoms. The molecule has 1 aliphatic heterocycles. The Labute approximate surface area is 134 Å². The zero-order valence-electron chi connectivity index (χ0n) is 13.8. The molecule has 0 bridgehead atoms. The average Bonchev–Trinajstić information content (AvgIpc) is 2.46. The van der Waals surface area contributed by atoms with E-state index in [-0.39, 0.29) is 5.41 Å². The SMILES string of the molecule is CCCNC1CCOCC1Sc1ccc(C(C)(C)C)cc1. The summed E-state index contributed by atoms with van der Waals surface area (Å²) in [7, 11) is 0. The highest BCUT2D eigenvalue weighted by atomic mass is 32.2. The maximum Gasteiger partial charge on any atom is 0.0603 e. The zero-order valence-corrected chi connectivity index (χ0v) is 14.6. The molecule has 1 N–H and O–H groups in total. The van der Waals surface area contributed by atoms with Crippen molar-refractivity contribution in [3.05, 3.63) is 29.8 Å². The van der Waals surface area contributed by atoms with Gasteiger partial charge in [0.25, 0.3) is 0 Å². The molecule has 3 heteroatoms. The number of rotatable bonds is 5. The molecule has 1 aromatic carbocycles. The number of thioether (sulfide) groups is 1. The van der Waals surface area contributed by atoms with Gasteiger partial charge in [-0.25, -0.2) is 0 Å². The molecule has 2 atom stereocenters. The summed E-state index contributed by atoms with van der Waals surface area (Å²) < 4.78 is 5.68. The molecule has 0 aromatic heterocycles. The molecular formula is C18H29NOS. The molecule has 118 valence electrons. The van der Waals surface area contributed by atoms with Gasteiger partial charge in [0.05, 0.1) is 6.61 Å². The van der Waals surface area contributed by atoms with Crippen molar-refractivity contribution in [2.24, 2.45) is 0 Å². The van der Waals surface area contributed by atoms with Gasteiger partial charge in [-0.3, -0.25) is 0 Å². The summed E-state index contributed by atoms with van der Waals surface area (Å²) in [6.45, 7) is 11.8. The van der Waals surface area contributed by atoms with Gasteiger partial charge in [-0.2, -0.15) is 0 Å². The van der Waals surface area contributed by atoms with Crippen molar-refractivity contribution >= 4 is 11.8 Å². The monoisotopic (exact) mass is 307 g/mol. The van der Waals surface area contributed by atoms with Crippen LogP contribution in [0.4, 0.5) is 0 Å². The van der Waals surface area contributed by atoms with Crippen molar-refractivity contribution < 1.29 is 4.74 Å². The van der Waals surface area contributed by atoms with E-state index < -0.39 is 0 Å². The van der Waals surface area contributed by atoms with E-state index in [1.807, 2.05) is 11.8 Å². The lowest BCUT2D eigenvalue weighted by Gasteiger charge is -2.32. The first-order chi connectivity index (χ1) is 10.0. The Hall–Kier alpha value is -0.510.